The highest BCUT2D eigenvalue weighted by Crippen LogP contribution is 2.31. The first-order chi connectivity index (χ1) is 10.8. The number of ether oxygens (including phenoxy) is 1. The molecule has 4 heteroatoms. The minimum Gasteiger partial charge on any atom is -0.497 e. The number of Topliss-reactive ketones (excluding diaryl/α,β-unsaturated/α-hetero) is 1. The van der Waals surface area contributed by atoms with Crippen LogP contribution in [0.3, 0.4) is 0 Å². The zero-order valence-electron chi connectivity index (χ0n) is 12.1. The van der Waals surface area contributed by atoms with Crippen LogP contribution in [0.15, 0.2) is 48.3 Å². The van der Waals surface area contributed by atoms with Gasteiger partial charge in [0.05, 0.1) is 7.11 Å². The predicted molar refractivity (Wildman–Crippen MR) is 85.1 cm³/mol. The second-order valence-electron chi connectivity index (χ2n) is 5.34. The van der Waals surface area contributed by atoms with Crippen LogP contribution in [-0.4, -0.2) is 22.9 Å². The molecule has 1 aliphatic carbocycles. The highest BCUT2D eigenvalue weighted by atomic mass is 16.5. The molecule has 0 saturated carbocycles. The molecule has 22 heavy (non-hydrogen) atoms. The van der Waals surface area contributed by atoms with Crippen LogP contribution in [0.2, 0.25) is 0 Å². The Balaban J connectivity index is 1.77. The smallest absolute Gasteiger partial charge is 0.189 e. The number of methoxy groups -OCH3 is 1. The van der Waals surface area contributed by atoms with Crippen molar-refractivity contribution in [3.8, 4) is 5.75 Å². The molecule has 0 bridgehead atoms. The quantitative estimate of drug-likeness (QED) is 0.736. The number of pyridine rings is 1. The minimum atomic E-state index is 0.0934. The summed E-state index contributed by atoms with van der Waals surface area (Å²) in [7, 11) is 1.63. The average Bonchev–Trinajstić information content (AvgIpc) is 3.10. The molecule has 0 amide bonds. The number of allylic oxidation sites excluding steroid dienone is 1. The number of hydrogen-bond donors (Lipinski definition) is 1. The molecule has 3 aromatic rings. The maximum Gasteiger partial charge on any atom is 0.189 e. The zero-order valence-corrected chi connectivity index (χ0v) is 12.1. The summed E-state index contributed by atoms with van der Waals surface area (Å²) in [5.74, 6) is 0.875. The molecule has 108 valence electrons. The number of ketones is 1. The van der Waals surface area contributed by atoms with Crippen LogP contribution in [0.4, 0.5) is 0 Å². The largest absolute Gasteiger partial charge is 0.497 e. The Morgan fingerprint density at radius 2 is 2.23 bits per heavy atom. The standard InChI is InChI=1S/C18H14N2O2/c1-22-14-4-5-15-11(9-14)7-12(17(15)21)8-13-10-20-18-16(13)3-2-6-19-18/h2-6,8-10H,7H2,1H3,(H,19,20)/b12-8+. The number of nitrogens with one attached hydrogen (secondary N) is 1. The molecule has 2 aromatic heterocycles. The summed E-state index contributed by atoms with van der Waals surface area (Å²) in [6.07, 6.45) is 6.23. The lowest BCUT2D eigenvalue weighted by Crippen LogP contribution is -1.95. The summed E-state index contributed by atoms with van der Waals surface area (Å²) in [5.41, 5.74) is 4.41. The van der Waals surface area contributed by atoms with Crippen LogP contribution >= 0.6 is 0 Å². The molecule has 4 rings (SSSR count). The SMILES string of the molecule is COc1ccc2c(c1)C/C(=C\c1c[nH]c3ncccc13)C2=O. The van der Waals surface area contributed by atoms with Crippen molar-refractivity contribution >= 4 is 22.9 Å². The van der Waals surface area contributed by atoms with E-state index in [1.807, 2.05) is 42.6 Å². The number of benzene rings is 1. The number of rotatable bonds is 2. The maximum absolute atomic E-state index is 12.5. The van der Waals surface area contributed by atoms with Gasteiger partial charge in [0, 0.05) is 40.9 Å². The first-order valence-electron chi connectivity index (χ1n) is 7.10. The van der Waals surface area contributed by atoms with E-state index in [0.29, 0.717) is 6.42 Å². The van der Waals surface area contributed by atoms with Crippen LogP contribution in [0.5, 0.6) is 5.75 Å². The number of carbonyl (C=O) groups excluding carboxylic acids is 1. The summed E-state index contributed by atoms with van der Waals surface area (Å²) < 4.78 is 5.23. The maximum atomic E-state index is 12.5. The Morgan fingerprint density at radius 3 is 3.09 bits per heavy atom. The summed E-state index contributed by atoms with van der Waals surface area (Å²) in [6, 6.07) is 9.50. The van der Waals surface area contributed by atoms with Gasteiger partial charge in [-0.05, 0) is 42.0 Å². The Kier molecular flexibility index (Phi) is 2.82. The van der Waals surface area contributed by atoms with E-state index in [1.165, 1.54) is 0 Å². The molecule has 0 fully saturated rings. The van der Waals surface area contributed by atoms with Gasteiger partial charge in [-0.1, -0.05) is 0 Å². The number of nitrogens with zero attached hydrogens (tertiary/aromatic N) is 1. The Hall–Kier alpha value is -2.88. The normalized spacial score (nSPS) is 15.5. The van der Waals surface area contributed by atoms with Crippen LogP contribution in [-0.2, 0) is 6.42 Å². The fourth-order valence-electron chi connectivity index (χ4n) is 2.92. The molecule has 0 aliphatic heterocycles. The topological polar surface area (TPSA) is 55.0 Å². The molecular formula is C18H14N2O2. The van der Waals surface area contributed by atoms with Crippen LogP contribution < -0.4 is 4.74 Å². The Morgan fingerprint density at radius 1 is 1.32 bits per heavy atom. The van der Waals surface area contributed by atoms with Crippen molar-refractivity contribution in [1.82, 2.24) is 9.97 Å². The third kappa shape index (κ3) is 1.92. The van der Waals surface area contributed by atoms with Gasteiger partial charge in [-0.3, -0.25) is 4.79 Å². The molecule has 4 nitrogen and oxygen atoms in total. The van der Waals surface area contributed by atoms with E-state index in [-0.39, 0.29) is 5.78 Å². The molecule has 0 radical (unpaired) electrons. The van der Waals surface area contributed by atoms with E-state index in [4.69, 9.17) is 4.74 Å². The van der Waals surface area contributed by atoms with Crippen molar-refractivity contribution < 1.29 is 9.53 Å². The molecule has 0 unspecified atom stereocenters. The average molecular weight is 290 g/mol. The molecule has 0 saturated heterocycles. The summed E-state index contributed by atoms with van der Waals surface area (Å²) in [6.45, 7) is 0. The number of fused-ring (bicyclic) bond motifs is 2. The van der Waals surface area contributed by atoms with Gasteiger partial charge in [-0.2, -0.15) is 0 Å². The highest BCUT2D eigenvalue weighted by Gasteiger charge is 2.25. The van der Waals surface area contributed by atoms with E-state index in [2.05, 4.69) is 9.97 Å². The van der Waals surface area contributed by atoms with Gasteiger partial charge in [-0.15, -0.1) is 0 Å². The van der Waals surface area contributed by atoms with Crippen molar-refractivity contribution in [2.75, 3.05) is 7.11 Å². The highest BCUT2D eigenvalue weighted by molar-refractivity contribution is 6.16. The van der Waals surface area contributed by atoms with Crippen molar-refractivity contribution in [3.05, 3.63) is 65.0 Å². The monoisotopic (exact) mass is 290 g/mol. The third-order valence-electron chi connectivity index (χ3n) is 4.04. The van der Waals surface area contributed by atoms with Gasteiger partial charge in [0.1, 0.15) is 11.4 Å². The lowest BCUT2D eigenvalue weighted by atomic mass is 10.1. The fourth-order valence-corrected chi connectivity index (χ4v) is 2.92. The van der Waals surface area contributed by atoms with E-state index >= 15 is 0 Å². The molecule has 0 atom stereocenters. The van der Waals surface area contributed by atoms with E-state index in [0.717, 1.165) is 39.0 Å². The Labute approximate surface area is 127 Å². The number of H-pyrrole nitrogens is 1. The number of aromatic nitrogens is 2. The Bertz CT molecular complexity index is 922. The van der Waals surface area contributed by atoms with Gasteiger partial charge in [-0.25, -0.2) is 4.98 Å². The lowest BCUT2D eigenvalue weighted by Gasteiger charge is -2.01. The predicted octanol–water partition coefficient (Wildman–Crippen LogP) is 3.39. The molecule has 0 spiro atoms. The van der Waals surface area contributed by atoms with Crippen molar-refractivity contribution in [3.63, 3.8) is 0 Å². The van der Waals surface area contributed by atoms with E-state index < -0.39 is 0 Å². The number of hydrogen-bond acceptors (Lipinski definition) is 3. The third-order valence-corrected chi connectivity index (χ3v) is 4.04. The first-order valence-corrected chi connectivity index (χ1v) is 7.10. The molecular weight excluding hydrogens is 276 g/mol. The van der Waals surface area contributed by atoms with Gasteiger partial charge in [0.25, 0.3) is 0 Å². The van der Waals surface area contributed by atoms with Gasteiger partial charge < -0.3 is 9.72 Å². The molecule has 1 aromatic carbocycles. The lowest BCUT2D eigenvalue weighted by molar-refractivity contribution is 0.104. The second-order valence-corrected chi connectivity index (χ2v) is 5.34. The van der Waals surface area contributed by atoms with Gasteiger partial charge in [0.2, 0.25) is 0 Å². The minimum absolute atomic E-state index is 0.0934. The zero-order chi connectivity index (χ0) is 15.1. The van der Waals surface area contributed by atoms with Crippen molar-refractivity contribution in [2.24, 2.45) is 0 Å². The summed E-state index contributed by atoms with van der Waals surface area (Å²) in [4.78, 5) is 19.9. The number of carbonyl (C=O) groups is 1. The van der Waals surface area contributed by atoms with Crippen LogP contribution in [0.25, 0.3) is 17.1 Å². The second kappa shape index (κ2) is 4.84. The van der Waals surface area contributed by atoms with E-state index in [1.54, 1.807) is 13.3 Å². The number of aromatic amines is 1. The van der Waals surface area contributed by atoms with Crippen molar-refractivity contribution in [2.45, 2.75) is 6.42 Å². The van der Waals surface area contributed by atoms with Gasteiger partial charge in [0.15, 0.2) is 5.78 Å². The molecule has 2 heterocycles. The van der Waals surface area contributed by atoms with E-state index in [9.17, 15) is 4.79 Å². The van der Waals surface area contributed by atoms with Crippen molar-refractivity contribution in [1.29, 1.82) is 0 Å². The molecule has 1 aliphatic rings. The fraction of sp³-hybridized carbons (Fsp3) is 0.111. The first kappa shape index (κ1) is 12.8. The van der Waals surface area contributed by atoms with Crippen LogP contribution in [0.1, 0.15) is 21.5 Å². The van der Waals surface area contributed by atoms with Gasteiger partial charge >= 0.3 is 0 Å². The molecule has 1 N–H and O–H groups in total. The van der Waals surface area contributed by atoms with Crippen LogP contribution in [0, 0.1) is 0 Å². The summed E-state index contributed by atoms with van der Waals surface area (Å²) in [5, 5.41) is 1.02. The summed E-state index contributed by atoms with van der Waals surface area (Å²) >= 11 is 0.